The first-order chi connectivity index (χ1) is 5.90. The Labute approximate surface area is 73.5 Å². The summed E-state index contributed by atoms with van der Waals surface area (Å²) in [6.45, 7) is -0.331. The second kappa shape index (κ2) is 4.92. The van der Waals surface area contributed by atoms with E-state index in [2.05, 4.69) is 5.16 Å². The third-order valence-electron chi connectivity index (χ3n) is 1.05. The second-order valence-electron chi connectivity index (χ2n) is 2.04. The first-order valence-corrected chi connectivity index (χ1v) is 4.68. The van der Waals surface area contributed by atoms with E-state index in [1.807, 2.05) is 0 Å². The Hall–Kier alpha value is -0.960. The van der Waals surface area contributed by atoms with Crippen LogP contribution in [0.15, 0.2) is 5.16 Å². The lowest BCUT2D eigenvalue weighted by Crippen LogP contribution is -2.32. The molecule has 0 bridgehead atoms. The first kappa shape index (κ1) is 12.0. The molecule has 13 heavy (non-hydrogen) atoms. The zero-order valence-corrected chi connectivity index (χ0v) is 7.26. The summed E-state index contributed by atoms with van der Waals surface area (Å²) in [5, 5.41) is 10.5. The summed E-state index contributed by atoms with van der Waals surface area (Å²) in [4.78, 5) is 0. The van der Waals surface area contributed by atoms with Crippen LogP contribution in [0.25, 0.3) is 0 Å². The number of nitrogens with two attached hydrogens (primary N) is 1. The highest BCUT2D eigenvalue weighted by molar-refractivity contribution is 7.89. The van der Waals surface area contributed by atoms with Gasteiger partial charge in [0.15, 0.2) is 0 Å². The summed E-state index contributed by atoms with van der Waals surface area (Å²) >= 11 is 0. The predicted octanol–water partition coefficient (Wildman–Crippen LogP) is -0.735. The predicted molar refractivity (Wildman–Crippen MR) is 41.0 cm³/mol. The van der Waals surface area contributed by atoms with Crippen LogP contribution in [0.3, 0.4) is 0 Å². The number of nitrogens with one attached hydrogen (secondary N) is 1. The number of nitrogens with zero attached hydrogens (tertiary/aromatic N) is 1. The van der Waals surface area contributed by atoms with Gasteiger partial charge in [-0.05, 0) is 0 Å². The fraction of sp³-hybridized carbons (Fsp3) is 0.750. The minimum atomic E-state index is -4.58. The molecule has 0 aromatic carbocycles. The zero-order chi connectivity index (χ0) is 10.5. The zero-order valence-electron chi connectivity index (χ0n) is 6.44. The smallest absolute Gasteiger partial charge is 0.350 e. The van der Waals surface area contributed by atoms with Crippen LogP contribution in [0.1, 0.15) is 6.42 Å². The van der Waals surface area contributed by atoms with Gasteiger partial charge >= 0.3 is 5.76 Å². The highest BCUT2D eigenvalue weighted by Gasteiger charge is 2.22. The van der Waals surface area contributed by atoms with Crippen LogP contribution in [0.5, 0.6) is 0 Å². The van der Waals surface area contributed by atoms with Gasteiger partial charge in [-0.15, -0.1) is 0 Å². The number of alkyl halides is 2. The van der Waals surface area contributed by atoms with E-state index in [1.165, 1.54) is 0 Å². The molecule has 0 radical (unpaired) electrons. The molecule has 0 aromatic rings. The van der Waals surface area contributed by atoms with Gasteiger partial charge in [0, 0.05) is 13.0 Å². The van der Waals surface area contributed by atoms with Gasteiger partial charge in [0.05, 0.1) is 0 Å². The van der Waals surface area contributed by atoms with Gasteiger partial charge in [-0.25, -0.2) is 13.1 Å². The van der Waals surface area contributed by atoms with Crippen molar-refractivity contribution in [1.82, 2.24) is 4.72 Å². The molecule has 0 atom stereocenters. The molecular formula is C4H9F2N3O3S. The molecular weight excluding hydrogens is 208 g/mol. The number of amidine groups is 1. The molecule has 0 aliphatic carbocycles. The van der Waals surface area contributed by atoms with Gasteiger partial charge in [-0.1, -0.05) is 5.16 Å². The molecule has 0 saturated carbocycles. The van der Waals surface area contributed by atoms with Crippen LogP contribution < -0.4 is 10.5 Å². The Kier molecular flexibility index (Phi) is 4.56. The van der Waals surface area contributed by atoms with Gasteiger partial charge in [-0.3, -0.25) is 0 Å². The Morgan fingerprint density at radius 3 is 2.54 bits per heavy atom. The topological polar surface area (TPSA) is 105 Å². The molecule has 0 aliphatic heterocycles. The maximum Gasteiger partial charge on any atom is 0.350 e. The van der Waals surface area contributed by atoms with Crippen molar-refractivity contribution >= 4 is 15.9 Å². The largest absolute Gasteiger partial charge is 0.409 e. The standard InChI is InChI=1S/C4H9F2N3O3S/c5-4(6)13(11,12)8-2-1-3(7)9-10/h4,8,10H,1-2H2,(H2,7,9). The van der Waals surface area contributed by atoms with Crippen LogP contribution in [0, 0.1) is 0 Å². The Balaban J connectivity index is 3.92. The maximum atomic E-state index is 11.7. The molecule has 0 fully saturated rings. The van der Waals surface area contributed by atoms with E-state index >= 15 is 0 Å². The van der Waals surface area contributed by atoms with Crippen molar-refractivity contribution < 1.29 is 22.4 Å². The van der Waals surface area contributed by atoms with E-state index in [1.54, 1.807) is 4.72 Å². The summed E-state index contributed by atoms with van der Waals surface area (Å²) in [6.07, 6.45) is -0.136. The summed E-state index contributed by atoms with van der Waals surface area (Å²) in [6, 6.07) is 0. The van der Waals surface area contributed by atoms with Gasteiger partial charge in [0.25, 0.3) is 10.0 Å². The van der Waals surface area contributed by atoms with E-state index in [4.69, 9.17) is 10.9 Å². The fourth-order valence-corrected chi connectivity index (χ4v) is 0.947. The van der Waals surface area contributed by atoms with Crippen LogP contribution in [0.4, 0.5) is 8.78 Å². The maximum absolute atomic E-state index is 11.7. The van der Waals surface area contributed by atoms with Gasteiger partial charge in [-0.2, -0.15) is 8.78 Å². The number of hydrogen-bond donors (Lipinski definition) is 3. The van der Waals surface area contributed by atoms with Crippen molar-refractivity contribution in [2.24, 2.45) is 10.9 Å². The van der Waals surface area contributed by atoms with Crippen molar-refractivity contribution in [3.63, 3.8) is 0 Å². The van der Waals surface area contributed by atoms with Crippen LogP contribution >= 0.6 is 0 Å². The molecule has 4 N–H and O–H groups in total. The van der Waals surface area contributed by atoms with E-state index in [0.717, 1.165) is 0 Å². The van der Waals surface area contributed by atoms with Crippen LogP contribution in [-0.4, -0.2) is 31.8 Å². The summed E-state index contributed by atoms with van der Waals surface area (Å²) in [7, 11) is -4.58. The van der Waals surface area contributed by atoms with E-state index in [-0.39, 0.29) is 18.8 Å². The Bertz CT molecular complexity index is 276. The van der Waals surface area contributed by atoms with Crippen LogP contribution in [-0.2, 0) is 10.0 Å². The van der Waals surface area contributed by atoms with E-state index < -0.39 is 15.8 Å². The van der Waals surface area contributed by atoms with E-state index in [9.17, 15) is 17.2 Å². The number of oxime groups is 1. The minimum absolute atomic E-state index is 0.136. The SMILES string of the molecule is NC(CCNS(=O)(=O)C(F)F)=NO. The molecule has 9 heteroatoms. The van der Waals surface area contributed by atoms with Crippen molar-refractivity contribution in [3.05, 3.63) is 0 Å². The monoisotopic (exact) mass is 217 g/mol. The molecule has 0 aliphatic rings. The lowest BCUT2D eigenvalue weighted by atomic mass is 10.4. The third kappa shape index (κ3) is 4.58. The second-order valence-corrected chi connectivity index (χ2v) is 3.78. The number of halogens is 2. The summed E-state index contributed by atoms with van der Waals surface area (Å²) in [5.74, 6) is -3.71. The molecule has 0 rings (SSSR count). The quantitative estimate of drug-likeness (QED) is 0.244. The normalized spacial score (nSPS) is 13.6. The van der Waals surface area contributed by atoms with Crippen molar-refractivity contribution in [3.8, 4) is 0 Å². The van der Waals surface area contributed by atoms with E-state index in [0.29, 0.717) is 0 Å². The summed E-state index contributed by atoms with van der Waals surface area (Å²) < 4.78 is 45.7. The fourth-order valence-electron chi connectivity index (χ4n) is 0.434. The highest BCUT2D eigenvalue weighted by atomic mass is 32.2. The number of rotatable bonds is 5. The molecule has 6 nitrogen and oxygen atoms in total. The molecule has 0 saturated heterocycles. The van der Waals surface area contributed by atoms with Crippen molar-refractivity contribution in [2.75, 3.05) is 6.54 Å². The first-order valence-electron chi connectivity index (χ1n) is 3.13. The average molecular weight is 217 g/mol. The van der Waals surface area contributed by atoms with Crippen LogP contribution in [0.2, 0.25) is 0 Å². The van der Waals surface area contributed by atoms with Crippen molar-refractivity contribution in [2.45, 2.75) is 12.2 Å². The Morgan fingerprint density at radius 2 is 2.15 bits per heavy atom. The van der Waals surface area contributed by atoms with Crippen molar-refractivity contribution in [1.29, 1.82) is 0 Å². The third-order valence-corrected chi connectivity index (χ3v) is 2.12. The molecule has 78 valence electrons. The molecule has 0 aromatic heterocycles. The average Bonchev–Trinajstić information content (AvgIpc) is 2.03. The number of hydrogen-bond acceptors (Lipinski definition) is 4. The molecule has 0 amide bonds. The molecule has 0 unspecified atom stereocenters. The lowest BCUT2D eigenvalue weighted by Gasteiger charge is -2.03. The van der Waals surface area contributed by atoms with Gasteiger partial charge in [0.2, 0.25) is 0 Å². The lowest BCUT2D eigenvalue weighted by molar-refractivity contribution is 0.232. The molecule has 0 spiro atoms. The summed E-state index contributed by atoms with van der Waals surface area (Å²) in [5.41, 5.74) is 4.96. The van der Waals surface area contributed by atoms with Gasteiger partial charge < -0.3 is 10.9 Å². The Morgan fingerprint density at radius 1 is 1.62 bits per heavy atom. The highest BCUT2D eigenvalue weighted by Crippen LogP contribution is 2.00. The molecule has 0 heterocycles. The van der Waals surface area contributed by atoms with Gasteiger partial charge in [0.1, 0.15) is 5.84 Å². The number of sulfonamides is 1. The minimum Gasteiger partial charge on any atom is -0.409 e.